The Balaban J connectivity index is 1.82. The average molecular weight is 361 g/mol. The van der Waals surface area contributed by atoms with Crippen LogP contribution in [0, 0.1) is 0 Å². The molecule has 1 N–H and O–H groups in total. The van der Waals surface area contributed by atoms with Crippen molar-refractivity contribution in [1.82, 2.24) is 0 Å². The number of hydrogen-bond acceptors (Lipinski definition) is 4. The van der Waals surface area contributed by atoms with Crippen LogP contribution >= 0.6 is 11.3 Å². The minimum Gasteiger partial charge on any atom is -0.439 e. The Morgan fingerprint density at radius 3 is 2.50 bits per heavy atom. The van der Waals surface area contributed by atoms with Gasteiger partial charge in [-0.15, -0.1) is 11.3 Å². The maximum atomic E-state index is 13.0. The molecule has 0 atom stereocenters. The van der Waals surface area contributed by atoms with Gasteiger partial charge in [0.05, 0.1) is 17.4 Å². The third-order valence-electron chi connectivity index (χ3n) is 4.03. The first-order valence-electron chi connectivity index (χ1n) is 8.16. The van der Waals surface area contributed by atoms with E-state index in [0.717, 1.165) is 4.88 Å². The van der Waals surface area contributed by atoms with E-state index in [1.54, 1.807) is 24.3 Å². The number of fused-ring (bicyclic) bond motifs is 1. The van der Waals surface area contributed by atoms with E-state index >= 15 is 0 Å². The van der Waals surface area contributed by atoms with Gasteiger partial charge in [-0.2, -0.15) is 0 Å². The summed E-state index contributed by atoms with van der Waals surface area (Å²) in [5.41, 5.74) is 1.36. The molecule has 1 amide bonds. The monoisotopic (exact) mass is 361 g/mol. The molecule has 2 heterocycles. The van der Waals surface area contributed by atoms with Crippen LogP contribution in [-0.2, 0) is 11.2 Å². The van der Waals surface area contributed by atoms with Gasteiger partial charge in [0.2, 0.25) is 17.2 Å². The zero-order chi connectivity index (χ0) is 17.9. The molecule has 0 bridgehead atoms. The second-order valence-electron chi connectivity index (χ2n) is 5.80. The molecule has 4 nitrogen and oxygen atoms in total. The van der Waals surface area contributed by atoms with Crippen LogP contribution < -0.4 is 10.7 Å². The van der Waals surface area contributed by atoms with E-state index in [4.69, 9.17) is 4.42 Å². The van der Waals surface area contributed by atoms with Crippen LogP contribution in [0.2, 0.25) is 0 Å². The van der Waals surface area contributed by atoms with E-state index in [0.29, 0.717) is 22.1 Å². The predicted molar refractivity (Wildman–Crippen MR) is 105 cm³/mol. The molecule has 2 aromatic carbocycles. The minimum absolute atomic E-state index is 0.163. The Bertz CT molecular complexity index is 1120. The standard InChI is InChI=1S/C21H15NO3S/c23-18(13-15-9-6-12-26-15)22-21-19(14-7-2-1-3-8-14)20(24)16-10-4-5-11-17(16)25-21/h1-12H,13H2,(H,22,23). The van der Waals surface area contributed by atoms with Gasteiger partial charge in [0, 0.05) is 4.88 Å². The first-order chi connectivity index (χ1) is 12.7. The van der Waals surface area contributed by atoms with Crippen molar-refractivity contribution in [2.45, 2.75) is 6.42 Å². The number of carbonyl (C=O) groups is 1. The molecule has 0 radical (unpaired) electrons. The highest BCUT2D eigenvalue weighted by Crippen LogP contribution is 2.28. The summed E-state index contributed by atoms with van der Waals surface area (Å²) < 4.78 is 5.89. The number of nitrogens with one attached hydrogen (secondary N) is 1. The quantitative estimate of drug-likeness (QED) is 0.573. The largest absolute Gasteiger partial charge is 0.439 e. The Morgan fingerprint density at radius 1 is 0.962 bits per heavy atom. The van der Waals surface area contributed by atoms with Crippen molar-refractivity contribution in [3.05, 3.63) is 87.2 Å². The zero-order valence-electron chi connectivity index (χ0n) is 13.8. The van der Waals surface area contributed by atoms with Crippen LogP contribution in [0.15, 0.2) is 81.3 Å². The van der Waals surface area contributed by atoms with Gasteiger partial charge in [0.25, 0.3) is 0 Å². The van der Waals surface area contributed by atoms with E-state index < -0.39 is 0 Å². The van der Waals surface area contributed by atoms with Crippen LogP contribution in [0.5, 0.6) is 0 Å². The number of para-hydroxylation sites is 1. The Kier molecular flexibility index (Phi) is 4.37. The second kappa shape index (κ2) is 6.98. The average Bonchev–Trinajstić information content (AvgIpc) is 3.15. The van der Waals surface area contributed by atoms with Crippen LogP contribution in [-0.4, -0.2) is 5.91 Å². The molecule has 0 fully saturated rings. The fourth-order valence-electron chi connectivity index (χ4n) is 2.84. The molecule has 5 heteroatoms. The van der Waals surface area contributed by atoms with Crippen molar-refractivity contribution < 1.29 is 9.21 Å². The van der Waals surface area contributed by atoms with Crippen molar-refractivity contribution in [2.24, 2.45) is 0 Å². The normalized spacial score (nSPS) is 10.8. The Morgan fingerprint density at radius 2 is 1.73 bits per heavy atom. The van der Waals surface area contributed by atoms with E-state index in [1.807, 2.05) is 47.8 Å². The summed E-state index contributed by atoms with van der Waals surface area (Å²) in [7, 11) is 0. The topological polar surface area (TPSA) is 59.3 Å². The minimum atomic E-state index is -0.219. The van der Waals surface area contributed by atoms with Crippen LogP contribution in [0.1, 0.15) is 4.88 Å². The molecule has 4 aromatic rings. The molecule has 0 aliphatic carbocycles. The number of benzene rings is 2. The Hall–Kier alpha value is -3.18. The molecule has 26 heavy (non-hydrogen) atoms. The molecule has 2 aromatic heterocycles. The number of hydrogen-bond donors (Lipinski definition) is 1. The second-order valence-corrected chi connectivity index (χ2v) is 6.83. The van der Waals surface area contributed by atoms with Gasteiger partial charge < -0.3 is 4.42 Å². The van der Waals surface area contributed by atoms with Crippen molar-refractivity contribution in [2.75, 3.05) is 5.32 Å². The highest BCUT2D eigenvalue weighted by atomic mass is 32.1. The van der Waals surface area contributed by atoms with Crippen molar-refractivity contribution in [3.63, 3.8) is 0 Å². The first kappa shape index (κ1) is 16.3. The summed E-state index contributed by atoms with van der Waals surface area (Å²) in [5, 5.41) is 5.19. The summed E-state index contributed by atoms with van der Waals surface area (Å²) in [4.78, 5) is 26.4. The van der Waals surface area contributed by atoms with Crippen LogP contribution in [0.3, 0.4) is 0 Å². The molecule has 0 unspecified atom stereocenters. The number of thiophene rings is 1. The number of rotatable bonds is 4. The SMILES string of the molecule is O=C(Cc1cccs1)Nc1oc2ccccc2c(=O)c1-c1ccccc1. The fraction of sp³-hybridized carbons (Fsp3) is 0.0476. The van der Waals surface area contributed by atoms with Crippen molar-refractivity contribution >= 4 is 34.1 Å². The fourth-order valence-corrected chi connectivity index (χ4v) is 3.54. The van der Waals surface area contributed by atoms with Crippen LogP contribution in [0.4, 0.5) is 5.88 Å². The third-order valence-corrected chi connectivity index (χ3v) is 4.90. The predicted octanol–water partition coefficient (Wildman–Crippen LogP) is 4.70. The smallest absolute Gasteiger partial charge is 0.231 e. The molecule has 4 rings (SSSR count). The van der Waals surface area contributed by atoms with Crippen LogP contribution in [0.25, 0.3) is 22.1 Å². The third kappa shape index (κ3) is 3.17. The highest BCUT2D eigenvalue weighted by molar-refractivity contribution is 7.10. The van der Waals surface area contributed by atoms with Gasteiger partial charge >= 0.3 is 0 Å². The van der Waals surface area contributed by atoms with E-state index in [2.05, 4.69) is 5.32 Å². The maximum Gasteiger partial charge on any atom is 0.231 e. The lowest BCUT2D eigenvalue weighted by Crippen LogP contribution is -2.17. The zero-order valence-corrected chi connectivity index (χ0v) is 14.6. The highest BCUT2D eigenvalue weighted by Gasteiger charge is 2.18. The lowest BCUT2D eigenvalue weighted by Gasteiger charge is -2.11. The van der Waals surface area contributed by atoms with E-state index in [1.165, 1.54) is 11.3 Å². The molecule has 0 saturated carbocycles. The van der Waals surface area contributed by atoms with Crippen molar-refractivity contribution in [3.8, 4) is 11.1 Å². The number of carbonyl (C=O) groups excluding carboxylic acids is 1. The summed E-state index contributed by atoms with van der Waals surface area (Å²) in [5.74, 6) is -0.0375. The molecule has 0 saturated heterocycles. The van der Waals surface area contributed by atoms with Gasteiger partial charge in [-0.1, -0.05) is 48.5 Å². The van der Waals surface area contributed by atoms with Gasteiger partial charge in [0.15, 0.2) is 0 Å². The summed E-state index contributed by atoms with van der Waals surface area (Å²) in [6.07, 6.45) is 0.239. The molecular weight excluding hydrogens is 346 g/mol. The lowest BCUT2D eigenvalue weighted by molar-refractivity contribution is -0.115. The summed E-state index contributed by atoms with van der Waals surface area (Å²) in [6.45, 7) is 0. The number of anilines is 1. The van der Waals surface area contributed by atoms with Gasteiger partial charge in [-0.25, -0.2) is 0 Å². The van der Waals surface area contributed by atoms with Gasteiger partial charge in [-0.05, 0) is 29.1 Å². The molecule has 0 aliphatic heterocycles. The molecule has 0 spiro atoms. The Labute approximate surface area is 153 Å². The van der Waals surface area contributed by atoms with Crippen molar-refractivity contribution in [1.29, 1.82) is 0 Å². The summed E-state index contributed by atoms with van der Waals surface area (Å²) >= 11 is 1.51. The maximum absolute atomic E-state index is 13.0. The first-order valence-corrected chi connectivity index (χ1v) is 9.04. The van der Waals surface area contributed by atoms with E-state index in [9.17, 15) is 9.59 Å². The molecule has 128 valence electrons. The lowest BCUT2D eigenvalue weighted by atomic mass is 10.0. The molecular formula is C21H15NO3S. The van der Waals surface area contributed by atoms with Gasteiger partial charge in [-0.3, -0.25) is 14.9 Å². The van der Waals surface area contributed by atoms with Gasteiger partial charge in [0.1, 0.15) is 5.58 Å². The summed E-state index contributed by atoms with van der Waals surface area (Å²) in [6, 6.07) is 20.1. The van der Waals surface area contributed by atoms with E-state index in [-0.39, 0.29) is 23.6 Å². The number of amides is 1. The molecule has 0 aliphatic rings.